The average Bonchev–Trinajstić information content (AvgIpc) is 3.37. The normalized spacial score (nSPS) is 36.7. The smallest absolute Gasteiger partial charge is 0.335 e. The summed E-state index contributed by atoms with van der Waals surface area (Å²) in [5.41, 5.74) is 2.65. The van der Waals surface area contributed by atoms with E-state index in [0.717, 1.165) is 42.9 Å². The molecule has 4 aliphatic heterocycles. The first-order chi connectivity index (χ1) is 15.0. The van der Waals surface area contributed by atoms with Crippen molar-refractivity contribution in [2.24, 2.45) is 5.41 Å². The third kappa shape index (κ3) is 2.06. The highest BCUT2D eigenvalue weighted by Gasteiger charge is 2.74. The Kier molecular flexibility index (Phi) is 3.77. The Morgan fingerprint density at radius 3 is 2.77 bits per heavy atom. The van der Waals surface area contributed by atoms with Gasteiger partial charge in [-0.25, -0.2) is 4.79 Å². The van der Waals surface area contributed by atoms with Gasteiger partial charge in [-0.3, -0.25) is 4.90 Å². The fraction of sp³-hybridized carbons (Fsp3) is 0.609. The van der Waals surface area contributed by atoms with E-state index in [4.69, 9.17) is 18.9 Å². The number of piperidine rings is 1. The largest absolute Gasteiger partial charge is 0.504 e. The van der Waals surface area contributed by atoms with E-state index < -0.39 is 5.41 Å². The van der Waals surface area contributed by atoms with Crippen molar-refractivity contribution >= 4 is 11.7 Å². The van der Waals surface area contributed by atoms with Crippen LogP contribution in [0.5, 0.6) is 17.2 Å². The van der Waals surface area contributed by atoms with Gasteiger partial charge in [-0.1, -0.05) is 6.92 Å². The van der Waals surface area contributed by atoms with Crippen molar-refractivity contribution < 1.29 is 28.8 Å². The highest BCUT2D eigenvalue weighted by molar-refractivity contribution is 5.94. The van der Waals surface area contributed by atoms with Crippen LogP contribution in [-0.4, -0.2) is 68.6 Å². The molecule has 3 fully saturated rings. The quantitative estimate of drug-likeness (QED) is 0.428. The SMILES string of the molecule is CC[C@@]12CC(C(=O)OC)=C3Nc4c(cc(O)c(OC)c4OC)[C@@]34CCN(C[C@H]3O[C@H]31)C24. The molecule has 0 amide bonds. The first-order valence-electron chi connectivity index (χ1n) is 10.9. The summed E-state index contributed by atoms with van der Waals surface area (Å²) in [5, 5.41) is 14.4. The summed E-state index contributed by atoms with van der Waals surface area (Å²) in [4.78, 5) is 15.6. The second kappa shape index (κ2) is 6.07. The van der Waals surface area contributed by atoms with Gasteiger partial charge in [0.1, 0.15) is 0 Å². The van der Waals surface area contributed by atoms with Crippen molar-refractivity contribution in [3.05, 3.63) is 22.9 Å². The molecule has 8 nitrogen and oxygen atoms in total. The van der Waals surface area contributed by atoms with E-state index in [1.807, 2.05) is 0 Å². The molecule has 4 heterocycles. The van der Waals surface area contributed by atoms with Gasteiger partial charge in [-0.15, -0.1) is 0 Å². The molecule has 0 aromatic heterocycles. The van der Waals surface area contributed by atoms with Gasteiger partial charge < -0.3 is 29.4 Å². The van der Waals surface area contributed by atoms with Gasteiger partial charge in [0.15, 0.2) is 11.5 Å². The van der Waals surface area contributed by atoms with Crippen LogP contribution in [0.1, 0.15) is 31.7 Å². The van der Waals surface area contributed by atoms with E-state index >= 15 is 0 Å². The van der Waals surface area contributed by atoms with Crippen LogP contribution in [-0.2, 0) is 19.7 Å². The van der Waals surface area contributed by atoms with Crippen molar-refractivity contribution in [3.8, 4) is 17.2 Å². The molecule has 5 atom stereocenters. The molecule has 3 saturated heterocycles. The second-order valence-corrected chi connectivity index (χ2v) is 9.33. The van der Waals surface area contributed by atoms with Gasteiger partial charge in [0.2, 0.25) is 5.75 Å². The standard InChI is InChI=1S/C23H28N2O6/c1-5-22-9-11(20(27)30-4)18-23(6-7-25(21(22)23)10-14-19(22)31-14)12-8-13(26)16(28-2)17(29-3)15(12)24-18/h8,14,19,21,24,26H,5-7,9-10H2,1-4H3/t14-,19-,21?,22-,23+/m1/s1. The Morgan fingerprint density at radius 2 is 2.10 bits per heavy atom. The van der Waals surface area contributed by atoms with Crippen molar-refractivity contribution in [2.75, 3.05) is 39.7 Å². The fourth-order valence-electron chi connectivity index (χ4n) is 7.31. The van der Waals surface area contributed by atoms with Crippen LogP contribution in [0.15, 0.2) is 17.3 Å². The minimum Gasteiger partial charge on any atom is -0.504 e. The van der Waals surface area contributed by atoms with Gasteiger partial charge in [-0.2, -0.15) is 0 Å². The fourth-order valence-corrected chi connectivity index (χ4v) is 7.31. The maximum absolute atomic E-state index is 13.0. The summed E-state index contributed by atoms with van der Waals surface area (Å²) in [7, 11) is 4.51. The van der Waals surface area contributed by atoms with Gasteiger partial charge >= 0.3 is 5.97 Å². The lowest BCUT2D eigenvalue weighted by Crippen LogP contribution is -2.63. The molecule has 0 saturated carbocycles. The maximum Gasteiger partial charge on any atom is 0.335 e. The van der Waals surface area contributed by atoms with Gasteiger partial charge in [-0.05, 0) is 37.4 Å². The van der Waals surface area contributed by atoms with Gasteiger partial charge in [0, 0.05) is 23.7 Å². The Bertz CT molecular complexity index is 1040. The molecule has 31 heavy (non-hydrogen) atoms. The molecule has 0 bridgehead atoms. The summed E-state index contributed by atoms with van der Waals surface area (Å²) >= 11 is 0. The number of hydrogen-bond donors (Lipinski definition) is 2. The maximum atomic E-state index is 13.0. The molecule has 1 spiro atoms. The zero-order valence-electron chi connectivity index (χ0n) is 18.3. The van der Waals surface area contributed by atoms with E-state index in [2.05, 4.69) is 17.1 Å². The molecule has 1 aromatic carbocycles. The first-order valence-corrected chi connectivity index (χ1v) is 10.9. The number of hydrogen-bond acceptors (Lipinski definition) is 8. The second-order valence-electron chi connectivity index (χ2n) is 9.33. The molecule has 0 radical (unpaired) electrons. The van der Waals surface area contributed by atoms with Crippen LogP contribution < -0.4 is 14.8 Å². The van der Waals surface area contributed by atoms with E-state index in [9.17, 15) is 9.90 Å². The van der Waals surface area contributed by atoms with Gasteiger partial charge in [0.25, 0.3) is 0 Å². The molecule has 8 heteroatoms. The third-order valence-electron chi connectivity index (χ3n) is 8.43. The Labute approximate surface area is 181 Å². The number of aromatic hydroxyl groups is 1. The van der Waals surface area contributed by atoms with Crippen molar-refractivity contribution in [1.29, 1.82) is 0 Å². The molecule has 1 aliphatic carbocycles. The zero-order valence-corrected chi connectivity index (χ0v) is 18.3. The number of phenols is 1. The van der Waals surface area contributed by atoms with Crippen LogP contribution in [0, 0.1) is 5.41 Å². The Morgan fingerprint density at radius 1 is 1.32 bits per heavy atom. The molecule has 1 aromatic rings. The van der Waals surface area contributed by atoms with Gasteiger partial charge in [0.05, 0.1) is 50.2 Å². The summed E-state index contributed by atoms with van der Waals surface area (Å²) < 4.78 is 22.5. The number of esters is 1. The van der Waals surface area contributed by atoms with Crippen molar-refractivity contribution in [2.45, 2.75) is 49.9 Å². The minimum absolute atomic E-state index is 0.0395. The van der Waals surface area contributed by atoms with E-state index in [-0.39, 0.29) is 41.1 Å². The number of rotatable bonds is 4. The number of carbonyl (C=O) groups excluding carboxylic acids is 1. The number of anilines is 1. The number of fused-ring (bicyclic) bond motifs is 3. The van der Waals surface area contributed by atoms with Crippen LogP contribution in [0.3, 0.4) is 0 Å². The Hall–Kier alpha value is -2.45. The molecule has 6 rings (SSSR count). The summed E-state index contributed by atoms with van der Waals surface area (Å²) in [6, 6.07) is 1.96. The van der Waals surface area contributed by atoms with Crippen LogP contribution >= 0.6 is 0 Å². The highest BCUT2D eigenvalue weighted by Crippen LogP contribution is 2.69. The number of epoxide rings is 1. The number of benzene rings is 1. The van der Waals surface area contributed by atoms with Crippen LogP contribution in [0.25, 0.3) is 0 Å². The van der Waals surface area contributed by atoms with Crippen molar-refractivity contribution in [1.82, 2.24) is 4.90 Å². The number of phenolic OH excluding ortho intramolecular Hbond substituents is 1. The topological polar surface area (TPSA) is 92.8 Å². The number of nitrogens with zero attached hydrogens (tertiary/aromatic N) is 1. The summed E-state index contributed by atoms with van der Waals surface area (Å²) in [5.74, 6) is 0.472. The molecular formula is C23H28N2O6. The van der Waals surface area contributed by atoms with Crippen LogP contribution in [0.4, 0.5) is 5.69 Å². The monoisotopic (exact) mass is 428 g/mol. The number of ether oxygens (including phenoxy) is 4. The molecule has 5 aliphatic rings. The van der Waals surface area contributed by atoms with E-state index in [1.54, 1.807) is 13.2 Å². The number of methoxy groups -OCH3 is 3. The average molecular weight is 428 g/mol. The molecule has 166 valence electrons. The van der Waals surface area contributed by atoms with Crippen LogP contribution in [0.2, 0.25) is 0 Å². The number of nitrogens with one attached hydrogen (secondary N) is 1. The van der Waals surface area contributed by atoms with E-state index in [0.29, 0.717) is 17.7 Å². The predicted molar refractivity (Wildman–Crippen MR) is 112 cm³/mol. The third-order valence-corrected chi connectivity index (χ3v) is 8.43. The lowest BCUT2D eigenvalue weighted by molar-refractivity contribution is -0.137. The highest BCUT2D eigenvalue weighted by atomic mass is 16.6. The first kappa shape index (κ1) is 19.3. The van der Waals surface area contributed by atoms with Crippen molar-refractivity contribution in [3.63, 3.8) is 0 Å². The summed E-state index contributed by atoms with van der Waals surface area (Å²) in [6.45, 7) is 4.02. The zero-order chi connectivity index (χ0) is 21.7. The predicted octanol–water partition coefficient (Wildman–Crippen LogP) is 2.16. The lowest BCUT2D eigenvalue weighted by Gasteiger charge is -2.54. The molecule has 1 unspecified atom stereocenters. The molecule has 2 N–H and O–H groups in total. The lowest BCUT2D eigenvalue weighted by atomic mass is 9.53. The minimum atomic E-state index is -0.457. The molecular weight excluding hydrogens is 400 g/mol. The summed E-state index contributed by atoms with van der Waals surface area (Å²) in [6.07, 6.45) is 2.75. The Balaban J connectivity index is 1.67. The van der Waals surface area contributed by atoms with E-state index in [1.165, 1.54) is 14.2 Å². The number of carbonyl (C=O) groups is 1.